The highest BCUT2D eigenvalue weighted by Crippen LogP contribution is 2.25. The molecule has 3 aromatic carbocycles. The van der Waals surface area contributed by atoms with Crippen LogP contribution in [-0.2, 0) is 6.54 Å². The quantitative estimate of drug-likeness (QED) is 0.582. The fourth-order valence-corrected chi connectivity index (χ4v) is 3.20. The maximum atomic E-state index is 14.0. The molecule has 140 valence electrons. The molecule has 1 aromatic heterocycles. The van der Waals surface area contributed by atoms with Crippen LogP contribution in [0.15, 0.2) is 77.6 Å². The highest BCUT2D eigenvalue weighted by Gasteiger charge is 2.18. The molecule has 1 heterocycles. The van der Waals surface area contributed by atoms with Gasteiger partial charge in [-0.25, -0.2) is 13.5 Å². The van der Waals surface area contributed by atoms with Gasteiger partial charge in [-0.3, -0.25) is 4.79 Å². The van der Waals surface area contributed by atoms with Gasteiger partial charge in [0, 0.05) is 16.5 Å². The molecule has 0 saturated heterocycles. The van der Waals surface area contributed by atoms with Gasteiger partial charge in [-0.2, -0.15) is 5.10 Å². The molecule has 0 amide bonds. The Hall–Kier alpha value is -3.38. The Labute approximate surface area is 159 Å². The van der Waals surface area contributed by atoms with Crippen molar-refractivity contribution >= 4 is 10.8 Å². The topological polar surface area (TPSA) is 55.1 Å². The number of fused-ring (bicyclic) bond motifs is 1. The summed E-state index contributed by atoms with van der Waals surface area (Å²) in [7, 11) is 0. The van der Waals surface area contributed by atoms with Crippen LogP contribution < -0.4 is 5.56 Å². The Morgan fingerprint density at radius 3 is 2.36 bits per heavy atom. The number of aromatic nitrogens is 2. The Morgan fingerprint density at radius 1 is 0.929 bits per heavy atom. The Kier molecular flexibility index (Phi) is 4.71. The summed E-state index contributed by atoms with van der Waals surface area (Å²) in [4.78, 5) is 12.9. The van der Waals surface area contributed by atoms with Crippen LogP contribution in [0.5, 0.6) is 0 Å². The minimum absolute atomic E-state index is 0.219. The average molecular weight is 378 g/mol. The van der Waals surface area contributed by atoms with E-state index in [-0.39, 0.29) is 12.1 Å². The Balaban J connectivity index is 1.85. The number of halogens is 2. The van der Waals surface area contributed by atoms with Crippen molar-refractivity contribution in [2.75, 3.05) is 0 Å². The first-order valence-electron chi connectivity index (χ1n) is 8.73. The zero-order valence-corrected chi connectivity index (χ0v) is 14.7. The molecule has 0 aliphatic carbocycles. The van der Waals surface area contributed by atoms with Crippen molar-refractivity contribution in [3.63, 3.8) is 0 Å². The van der Waals surface area contributed by atoms with Gasteiger partial charge < -0.3 is 5.11 Å². The smallest absolute Gasteiger partial charge is 0.274 e. The summed E-state index contributed by atoms with van der Waals surface area (Å²) in [6.45, 7) is -0.302. The van der Waals surface area contributed by atoms with Gasteiger partial charge in [-0.1, -0.05) is 48.5 Å². The van der Waals surface area contributed by atoms with Crippen molar-refractivity contribution in [1.29, 1.82) is 0 Å². The number of rotatable bonds is 4. The highest BCUT2D eigenvalue weighted by molar-refractivity contribution is 5.93. The van der Waals surface area contributed by atoms with Gasteiger partial charge >= 0.3 is 0 Å². The third-order valence-electron chi connectivity index (χ3n) is 4.58. The lowest BCUT2D eigenvalue weighted by Crippen LogP contribution is -2.27. The summed E-state index contributed by atoms with van der Waals surface area (Å²) >= 11 is 0. The maximum Gasteiger partial charge on any atom is 0.274 e. The molecule has 0 radical (unpaired) electrons. The lowest BCUT2D eigenvalue weighted by Gasteiger charge is -2.15. The first-order valence-corrected chi connectivity index (χ1v) is 8.73. The first-order chi connectivity index (χ1) is 13.5. The molecule has 1 N–H and O–H groups in total. The van der Waals surface area contributed by atoms with Crippen LogP contribution >= 0.6 is 0 Å². The van der Waals surface area contributed by atoms with Gasteiger partial charge in [0.1, 0.15) is 17.7 Å². The van der Waals surface area contributed by atoms with E-state index in [2.05, 4.69) is 5.10 Å². The minimum atomic E-state index is -1.43. The van der Waals surface area contributed by atoms with Gasteiger partial charge in [0.25, 0.3) is 5.56 Å². The molecule has 0 aliphatic rings. The maximum absolute atomic E-state index is 14.0. The summed E-state index contributed by atoms with van der Waals surface area (Å²) in [6.07, 6.45) is -1.43. The molecule has 0 spiro atoms. The van der Waals surface area contributed by atoms with Crippen molar-refractivity contribution in [2.45, 2.75) is 12.6 Å². The molecule has 1 atom stereocenters. The molecule has 0 saturated carbocycles. The van der Waals surface area contributed by atoms with Gasteiger partial charge in [0.15, 0.2) is 0 Å². The summed E-state index contributed by atoms with van der Waals surface area (Å²) in [5.74, 6) is -1.41. The van der Waals surface area contributed by atoms with E-state index in [1.807, 2.05) is 36.4 Å². The van der Waals surface area contributed by atoms with E-state index in [1.165, 1.54) is 0 Å². The Bertz CT molecular complexity index is 1210. The Morgan fingerprint density at radius 2 is 1.61 bits per heavy atom. The molecule has 4 rings (SSSR count). The van der Waals surface area contributed by atoms with Gasteiger partial charge in [0.2, 0.25) is 0 Å². The number of hydrogen-bond acceptors (Lipinski definition) is 3. The average Bonchev–Trinajstić information content (AvgIpc) is 2.72. The molecule has 28 heavy (non-hydrogen) atoms. The van der Waals surface area contributed by atoms with E-state index in [9.17, 15) is 18.7 Å². The summed E-state index contributed by atoms with van der Waals surface area (Å²) in [5.41, 5.74) is 0.746. The number of benzene rings is 3. The molecular weight excluding hydrogens is 362 g/mol. The normalized spacial score (nSPS) is 12.2. The fraction of sp³-hybridized carbons (Fsp3) is 0.0909. The third kappa shape index (κ3) is 3.30. The van der Waals surface area contributed by atoms with E-state index in [0.29, 0.717) is 16.5 Å². The highest BCUT2D eigenvalue weighted by atomic mass is 19.1. The van der Waals surface area contributed by atoms with E-state index in [4.69, 9.17) is 0 Å². The van der Waals surface area contributed by atoms with Crippen molar-refractivity contribution in [1.82, 2.24) is 9.78 Å². The second kappa shape index (κ2) is 7.32. The van der Waals surface area contributed by atoms with E-state index in [1.54, 1.807) is 18.2 Å². The van der Waals surface area contributed by atoms with Crippen LogP contribution in [0.3, 0.4) is 0 Å². The lowest BCUT2D eigenvalue weighted by atomic mass is 10.0. The molecule has 4 nitrogen and oxygen atoms in total. The molecule has 0 bridgehead atoms. The van der Waals surface area contributed by atoms with Crippen LogP contribution in [0, 0.1) is 11.6 Å². The van der Waals surface area contributed by atoms with Crippen molar-refractivity contribution < 1.29 is 13.9 Å². The largest absolute Gasteiger partial charge is 0.386 e. The number of nitrogens with zero attached hydrogens (tertiary/aromatic N) is 2. The van der Waals surface area contributed by atoms with Crippen LogP contribution in [0.2, 0.25) is 0 Å². The molecule has 0 aliphatic heterocycles. The summed E-state index contributed by atoms with van der Waals surface area (Å²) in [5, 5.41) is 16.0. The molecule has 0 fully saturated rings. The zero-order valence-electron chi connectivity index (χ0n) is 14.7. The lowest BCUT2D eigenvalue weighted by molar-refractivity contribution is 0.145. The molecular formula is C22H16F2N2O2. The third-order valence-corrected chi connectivity index (χ3v) is 4.58. The van der Waals surface area contributed by atoms with Crippen LogP contribution in [0.25, 0.3) is 22.0 Å². The van der Waals surface area contributed by atoms with Crippen LogP contribution in [-0.4, -0.2) is 14.9 Å². The van der Waals surface area contributed by atoms with Crippen LogP contribution in [0.1, 0.15) is 11.7 Å². The van der Waals surface area contributed by atoms with Crippen LogP contribution in [0.4, 0.5) is 8.78 Å². The zero-order chi connectivity index (χ0) is 19.7. The van der Waals surface area contributed by atoms with Crippen molar-refractivity contribution in [3.05, 3.63) is 100 Å². The first kappa shape index (κ1) is 18.0. The van der Waals surface area contributed by atoms with E-state index >= 15 is 0 Å². The number of hydrogen-bond donors (Lipinski definition) is 1. The van der Waals surface area contributed by atoms with E-state index in [0.717, 1.165) is 28.4 Å². The fourth-order valence-electron chi connectivity index (χ4n) is 3.20. The minimum Gasteiger partial charge on any atom is -0.386 e. The summed E-state index contributed by atoms with van der Waals surface area (Å²) in [6, 6.07) is 19.2. The van der Waals surface area contributed by atoms with Crippen molar-refractivity contribution in [3.8, 4) is 11.3 Å². The van der Waals surface area contributed by atoms with Crippen molar-refractivity contribution in [2.24, 2.45) is 0 Å². The van der Waals surface area contributed by atoms with Gasteiger partial charge in [0.05, 0.1) is 17.6 Å². The monoisotopic (exact) mass is 378 g/mol. The predicted molar refractivity (Wildman–Crippen MR) is 103 cm³/mol. The molecule has 4 aromatic rings. The summed E-state index contributed by atoms with van der Waals surface area (Å²) < 4.78 is 28.5. The number of aliphatic hydroxyl groups excluding tert-OH is 1. The molecule has 0 unspecified atom stereocenters. The predicted octanol–water partition coefficient (Wildman–Crippen LogP) is 4.08. The number of aliphatic hydroxyl groups is 1. The van der Waals surface area contributed by atoms with Gasteiger partial charge in [-0.05, 0) is 24.3 Å². The second-order valence-corrected chi connectivity index (χ2v) is 6.43. The van der Waals surface area contributed by atoms with Gasteiger partial charge in [-0.15, -0.1) is 0 Å². The SMILES string of the molecule is O=c1c2ccccc2c(-c2ccccc2)nn1C[C@@H](O)c1cc(F)ccc1F. The molecule has 6 heteroatoms. The van der Waals surface area contributed by atoms with E-state index < -0.39 is 23.3 Å². The standard InChI is InChI=1S/C22H16F2N2O2/c23-15-10-11-19(24)18(12-15)20(27)13-26-22(28)17-9-5-4-8-16(17)21(25-26)14-6-2-1-3-7-14/h1-12,20,27H,13H2/t20-/m1/s1. The second-order valence-electron chi connectivity index (χ2n) is 6.43.